The highest BCUT2D eigenvalue weighted by Crippen LogP contribution is 2.25. The highest BCUT2D eigenvalue weighted by atomic mass is 79.9. The molecule has 0 aliphatic rings. The van der Waals surface area contributed by atoms with Gasteiger partial charge in [-0.15, -0.1) is 0 Å². The molecule has 0 spiro atoms. The summed E-state index contributed by atoms with van der Waals surface area (Å²) < 4.78 is 4.13. The van der Waals surface area contributed by atoms with Gasteiger partial charge in [0.05, 0.1) is 44.0 Å². The fourth-order valence-corrected chi connectivity index (χ4v) is 3.55. The second kappa shape index (κ2) is 8.86. The van der Waals surface area contributed by atoms with Gasteiger partial charge >= 0.3 is 0 Å². The Balaban J connectivity index is 1.61. The van der Waals surface area contributed by atoms with Gasteiger partial charge in [0.25, 0.3) is 0 Å². The van der Waals surface area contributed by atoms with Crippen molar-refractivity contribution in [3.05, 3.63) is 60.9 Å². The second-order valence-electron chi connectivity index (χ2n) is 6.28. The maximum atomic E-state index is 12.3. The maximum absolute atomic E-state index is 12.3. The largest absolute Gasteiger partial charge is 0.308 e. The third-order valence-electron chi connectivity index (χ3n) is 4.15. The molecule has 2 heterocycles. The summed E-state index contributed by atoms with van der Waals surface area (Å²) in [4.78, 5) is 12.3. The molecule has 0 unspecified atom stereocenters. The minimum absolute atomic E-state index is 0.163. The van der Waals surface area contributed by atoms with E-state index in [4.69, 9.17) is 34.8 Å². The third-order valence-corrected chi connectivity index (χ3v) is 6.01. The van der Waals surface area contributed by atoms with Gasteiger partial charge in [-0.05, 0) is 47.5 Å². The number of amides is 1. The van der Waals surface area contributed by atoms with E-state index in [-0.39, 0.29) is 12.3 Å². The fraction of sp³-hybridized carbons (Fsp3) is 0.278. The molecule has 6 nitrogen and oxygen atoms in total. The predicted octanol–water partition coefficient (Wildman–Crippen LogP) is 5.50. The van der Waals surface area contributed by atoms with Gasteiger partial charge in [-0.3, -0.25) is 14.2 Å². The zero-order chi connectivity index (χ0) is 20.4. The summed E-state index contributed by atoms with van der Waals surface area (Å²) in [6, 6.07) is 5.41. The molecule has 0 bridgehead atoms. The molecular weight excluding hydrogens is 488 g/mol. The van der Waals surface area contributed by atoms with Crippen LogP contribution in [0.4, 0.5) is 5.82 Å². The first kappa shape index (κ1) is 21.2. The molecule has 0 fully saturated rings. The normalized spacial score (nSPS) is 11.1. The molecule has 3 aromatic rings. The summed E-state index contributed by atoms with van der Waals surface area (Å²) in [7, 11) is 0. The van der Waals surface area contributed by atoms with Crippen LogP contribution in [0.2, 0.25) is 15.1 Å². The molecule has 1 aromatic carbocycles. The Hall–Kier alpha value is -1.54. The summed E-state index contributed by atoms with van der Waals surface area (Å²) in [5.74, 6) is 0.292. The van der Waals surface area contributed by atoms with E-state index >= 15 is 0 Å². The minimum Gasteiger partial charge on any atom is -0.308 e. The molecule has 28 heavy (non-hydrogen) atoms. The quantitative estimate of drug-likeness (QED) is 0.481. The number of carbonyl (C=O) groups is 1. The Morgan fingerprint density at radius 2 is 1.93 bits per heavy atom. The summed E-state index contributed by atoms with van der Waals surface area (Å²) in [6.07, 6.45) is 2.04. The summed E-state index contributed by atoms with van der Waals surface area (Å²) >= 11 is 21.5. The molecule has 3 rings (SSSR count). The van der Waals surface area contributed by atoms with Gasteiger partial charge in [0.2, 0.25) is 5.91 Å². The van der Waals surface area contributed by atoms with Gasteiger partial charge in [-0.1, -0.05) is 40.9 Å². The van der Waals surface area contributed by atoms with Gasteiger partial charge in [0.15, 0.2) is 5.82 Å². The van der Waals surface area contributed by atoms with Crippen molar-refractivity contribution in [1.29, 1.82) is 0 Å². The Labute approximate surface area is 185 Å². The van der Waals surface area contributed by atoms with Crippen molar-refractivity contribution in [3.63, 3.8) is 0 Å². The predicted molar refractivity (Wildman–Crippen MR) is 115 cm³/mol. The van der Waals surface area contributed by atoms with E-state index in [0.29, 0.717) is 38.4 Å². The molecule has 0 saturated carbocycles. The van der Waals surface area contributed by atoms with Crippen LogP contribution in [0.15, 0.2) is 28.9 Å². The Bertz CT molecular complexity index is 1030. The number of carbonyl (C=O) groups excluding carboxylic acids is 1. The van der Waals surface area contributed by atoms with Crippen molar-refractivity contribution in [2.45, 2.75) is 33.4 Å². The van der Waals surface area contributed by atoms with Crippen LogP contribution in [-0.2, 0) is 17.9 Å². The summed E-state index contributed by atoms with van der Waals surface area (Å²) in [5, 5.41) is 13.2. The van der Waals surface area contributed by atoms with E-state index in [0.717, 1.165) is 17.0 Å². The lowest BCUT2D eigenvalue weighted by Gasteiger charge is -2.06. The van der Waals surface area contributed by atoms with Gasteiger partial charge < -0.3 is 5.32 Å². The van der Waals surface area contributed by atoms with Crippen LogP contribution in [0.5, 0.6) is 0 Å². The van der Waals surface area contributed by atoms with Crippen LogP contribution < -0.4 is 5.32 Å². The van der Waals surface area contributed by atoms with E-state index in [2.05, 4.69) is 31.4 Å². The number of aromatic nitrogens is 4. The van der Waals surface area contributed by atoms with Crippen molar-refractivity contribution in [1.82, 2.24) is 19.6 Å². The van der Waals surface area contributed by atoms with Gasteiger partial charge in [0, 0.05) is 12.6 Å². The lowest BCUT2D eigenvalue weighted by atomic mass is 10.2. The highest BCUT2D eigenvalue weighted by molar-refractivity contribution is 9.10. The van der Waals surface area contributed by atoms with E-state index in [9.17, 15) is 4.79 Å². The molecule has 1 amide bonds. The lowest BCUT2D eigenvalue weighted by Crippen LogP contribution is -2.16. The number of benzene rings is 1. The van der Waals surface area contributed by atoms with Crippen molar-refractivity contribution >= 4 is 62.5 Å². The number of aryl methyl sites for hydroxylation is 2. The molecule has 1 N–H and O–H groups in total. The Morgan fingerprint density at radius 1 is 1.18 bits per heavy atom. The standard InChI is InChI=1S/C18H17BrCl3N5O/c1-10-17(22)11(2)27(24-10)6-5-16(28)23-18-13(19)9-26(25-18)8-12-3-4-14(20)15(21)7-12/h3-4,7,9H,5-6,8H2,1-2H3,(H,23,25,28). The van der Waals surface area contributed by atoms with Gasteiger partial charge in [-0.2, -0.15) is 10.2 Å². The molecular formula is C18H17BrCl3N5O. The number of halogens is 4. The van der Waals surface area contributed by atoms with Crippen LogP contribution >= 0.6 is 50.7 Å². The zero-order valence-electron chi connectivity index (χ0n) is 15.1. The lowest BCUT2D eigenvalue weighted by molar-refractivity contribution is -0.116. The number of nitrogens with one attached hydrogen (secondary N) is 1. The van der Waals surface area contributed by atoms with E-state index in [1.54, 1.807) is 27.7 Å². The third kappa shape index (κ3) is 4.89. The van der Waals surface area contributed by atoms with Crippen molar-refractivity contribution in [2.24, 2.45) is 0 Å². The minimum atomic E-state index is -0.163. The molecule has 0 aliphatic carbocycles. The molecule has 148 valence electrons. The van der Waals surface area contributed by atoms with Gasteiger partial charge in [0.1, 0.15) is 0 Å². The van der Waals surface area contributed by atoms with Crippen LogP contribution in [0.25, 0.3) is 0 Å². The first-order valence-corrected chi connectivity index (χ1v) is 10.3. The average Bonchev–Trinajstić information content (AvgIpc) is 3.10. The zero-order valence-corrected chi connectivity index (χ0v) is 19.0. The van der Waals surface area contributed by atoms with Crippen molar-refractivity contribution in [3.8, 4) is 0 Å². The smallest absolute Gasteiger partial charge is 0.227 e. The molecule has 0 saturated heterocycles. The summed E-state index contributed by atoms with van der Waals surface area (Å²) in [6.45, 7) is 4.65. The van der Waals surface area contributed by atoms with Crippen LogP contribution in [0.1, 0.15) is 23.4 Å². The van der Waals surface area contributed by atoms with Crippen LogP contribution in [0, 0.1) is 13.8 Å². The Morgan fingerprint density at radius 3 is 2.57 bits per heavy atom. The van der Waals surface area contributed by atoms with Crippen molar-refractivity contribution < 1.29 is 4.79 Å². The molecule has 0 radical (unpaired) electrons. The maximum Gasteiger partial charge on any atom is 0.227 e. The van der Waals surface area contributed by atoms with Crippen molar-refractivity contribution in [2.75, 3.05) is 5.32 Å². The van der Waals surface area contributed by atoms with Crippen LogP contribution in [-0.4, -0.2) is 25.5 Å². The first-order chi connectivity index (χ1) is 13.2. The highest BCUT2D eigenvalue weighted by Gasteiger charge is 2.13. The molecule has 2 aromatic heterocycles. The Kier molecular flexibility index (Phi) is 6.70. The van der Waals surface area contributed by atoms with E-state index in [1.807, 2.05) is 19.9 Å². The first-order valence-electron chi connectivity index (χ1n) is 8.41. The number of hydrogen-bond acceptors (Lipinski definition) is 3. The average molecular weight is 506 g/mol. The fourth-order valence-electron chi connectivity index (χ4n) is 2.68. The number of hydrogen-bond donors (Lipinski definition) is 1. The summed E-state index contributed by atoms with van der Waals surface area (Å²) in [5.41, 5.74) is 2.55. The topological polar surface area (TPSA) is 64.7 Å². The van der Waals surface area contributed by atoms with Gasteiger partial charge in [-0.25, -0.2) is 0 Å². The monoisotopic (exact) mass is 503 g/mol. The number of rotatable bonds is 6. The number of anilines is 1. The van der Waals surface area contributed by atoms with E-state index < -0.39 is 0 Å². The molecule has 10 heteroatoms. The SMILES string of the molecule is Cc1nn(CCC(=O)Nc2nn(Cc3ccc(Cl)c(Cl)c3)cc2Br)c(C)c1Cl. The van der Waals surface area contributed by atoms with E-state index in [1.165, 1.54) is 0 Å². The number of nitrogens with zero attached hydrogens (tertiary/aromatic N) is 4. The molecule has 0 aliphatic heterocycles. The molecule has 0 atom stereocenters. The second-order valence-corrected chi connectivity index (χ2v) is 8.32. The van der Waals surface area contributed by atoms with Crippen LogP contribution in [0.3, 0.4) is 0 Å².